The van der Waals surface area contributed by atoms with Crippen LogP contribution in [0, 0.1) is 16.0 Å². The number of halogens is 1. The molecule has 0 radical (unpaired) electrons. The number of hydrogen-bond donors (Lipinski definition) is 0. The van der Waals surface area contributed by atoms with Gasteiger partial charge in [0.05, 0.1) is 22.6 Å². The van der Waals surface area contributed by atoms with Crippen LogP contribution in [0.25, 0.3) is 0 Å². The molecule has 3 heterocycles. The van der Waals surface area contributed by atoms with Gasteiger partial charge in [-0.15, -0.1) is 0 Å². The molecule has 8 nitrogen and oxygen atoms in total. The third-order valence-corrected chi connectivity index (χ3v) is 6.46. The largest absolute Gasteiger partial charge is 0.274 e. The lowest BCUT2D eigenvalue weighted by Crippen LogP contribution is -2.44. The summed E-state index contributed by atoms with van der Waals surface area (Å²) in [5.41, 5.74) is 1.30. The van der Waals surface area contributed by atoms with Crippen LogP contribution in [0.2, 0.25) is 0 Å². The van der Waals surface area contributed by atoms with E-state index in [1.54, 1.807) is 0 Å². The molecule has 3 atom stereocenters. The molecule has 0 saturated carbocycles. The van der Waals surface area contributed by atoms with Crippen LogP contribution in [-0.4, -0.2) is 45.9 Å². The zero-order valence-electron chi connectivity index (χ0n) is 15.3. The molecular formula is C20H17BrN4O4. The Bertz CT molecular complexity index is 1010. The molecular weight excluding hydrogens is 440 g/mol. The summed E-state index contributed by atoms with van der Waals surface area (Å²) in [5.74, 6) is -1.02. The zero-order chi connectivity index (χ0) is 20.3. The van der Waals surface area contributed by atoms with Crippen molar-refractivity contribution in [1.29, 1.82) is 0 Å². The minimum atomic E-state index is -0.533. The van der Waals surface area contributed by atoms with E-state index in [4.69, 9.17) is 0 Å². The van der Waals surface area contributed by atoms with Crippen molar-refractivity contribution in [1.82, 2.24) is 10.0 Å². The Balaban J connectivity index is 1.54. The normalized spacial score (nSPS) is 26.8. The van der Waals surface area contributed by atoms with Gasteiger partial charge < -0.3 is 0 Å². The average molecular weight is 457 g/mol. The Morgan fingerprint density at radius 2 is 1.52 bits per heavy atom. The van der Waals surface area contributed by atoms with Crippen LogP contribution in [0.15, 0.2) is 53.0 Å². The summed E-state index contributed by atoms with van der Waals surface area (Å²) in [6.07, 6.45) is 0.940. The van der Waals surface area contributed by atoms with Crippen molar-refractivity contribution >= 4 is 39.1 Å². The minimum absolute atomic E-state index is 0.0773. The van der Waals surface area contributed by atoms with Crippen molar-refractivity contribution in [2.75, 3.05) is 18.0 Å². The number of anilines is 1. The van der Waals surface area contributed by atoms with E-state index in [9.17, 15) is 19.7 Å². The van der Waals surface area contributed by atoms with Gasteiger partial charge in [0.15, 0.2) is 0 Å². The second-order valence-corrected chi connectivity index (χ2v) is 8.35. The highest BCUT2D eigenvalue weighted by molar-refractivity contribution is 9.10. The predicted molar refractivity (Wildman–Crippen MR) is 108 cm³/mol. The van der Waals surface area contributed by atoms with Crippen molar-refractivity contribution in [2.45, 2.75) is 18.5 Å². The third-order valence-electron chi connectivity index (χ3n) is 5.94. The number of benzene rings is 2. The number of carbonyl (C=O) groups is 2. The van der Waals surface area contributed by atoms with Crippen LogP contribution < -0.4 is 4.90 Å². The summed E-state index contributed by atoms with van der Waals surface area (Å²) in [5, 5.41) is 15.1. The SMILES string of the molecule is O=C1[C@@H]2[C@@H](c3ccc(Br)cc3)N3CCCN3[C@H]2C(=O)N1c1ccc([N+](=O)[O-])cc1. The van der Waals surface area contributed by atoms with Gasteiger partial charge in [-0.05, 0) is 36.2 Å². The molecule has 0 aromatic heterocycles. The summed E-state index contributed by atoms with van der Waals surface area (Å²) < 4.78 is 0.954. The Kier molecular flexibility index (Phi) is 4.27. The second kappa shape index (κ2) is 6.72. The van der Waals surface area contributed by atoms with Crippen LogP contribution in [0.4, 0.5) is 11.4 Å². The molecule has 3 aliphatic rings. The number of nitro benzene ring substituents is 1. The number of rotatable bonds is 3. The Labute approximate surface area is 174 Å². The number of imide groups is 1. The van der Waals surface area contributed by atoms with Crippen LogP contribution in [0.1, 0.15) is 18.0 Å². The number of non-ortho nitro benzene ring substituents is 1. The summed E-state index contributed by atoms with van der Waals surface area (Å²) in [6, 6.07) is 12.7. The summed E-state index contributed by atoms with van der Waals surface area (Å²) in [7, 11) is 0. The molecule has 0 N–H and O–H groups in total. The van der Waals surface area contributed by atoms with E-state index < -0.39 is 16.9 Å². The smallest absolute Gasteiger partial charge is 0.269 e. The molecule has 148 valence electrons. The summed E-state index contributed by atoms with van der Waals surface area (Å²) in [4.78, 5) is 38.3. The quantitative estimate of drug-likeness (QED) is 0.400. The maximum Gasteiger partial charge on any atom is 0.269 e. The minimum Gasteiger partial charge on any atom is -0.274 e. The van der Waals surface area contributed by atoms with Gasteiger partial charge in [0, 0.05) is 29.7 Å². The first kappa shape index (κ1) is 18.4. The molecule has 3 fully saturated rings. The van der Waals surface area contributed by atoms with Crippen molar-refractivity contribution < 1.29 is 14.5 Å². The lowest BCUT2D eigenvalue weighted by molar-refractivity contribution is -0.384. The van der Waals surface area contributed by atoms with Gasteiger partial charge in [-0.25, -0.2) is 14.9 Å². The van der Waals surface area contributed by atoms with E-state index in [0.29, 0.717) is 5.69 Å². The van der Waals surface area contributed by atoms with Crippen LogP contribution in [0.3, 0.4) is 0 Å². The molecule has 2 aromatic rings. The monoisotopic (exact) mass is 456 g/mol. The van der Waals surface area contributed by atoms with Crippen LogP contribution in [0.5, 0.6) is 0 Å². The topological polar surface area (TPSA) is 87.0 Å². The first-order chi connectivity index (χ1) is 14.0. The molecule has 29 heavy (non-hydrogen) atoms. The van der Waals surface area contributed by atoms with Gasteiger partial charge in [0.1, 0.15) is 6.04 Å². The molecule has 0 aliphatic carbocycles. The molecule has 2 aromatic carbocycles. The summed E-state index contributed by atoms with van der Waals surface area (Å²) in [6.45, 7) is 1.55. The highest BCUT2D eigenvalue weighted by Crippen LogP contribution is 2.49. The van der Waals surface area contributed by atoms with Gasteiger partial charge in [-0.3, -0.25) is 19.7 Å². The van der Waals surface area contributed by atoms with Crippen molar-refractivity contribution in [3.63, 3.8) is 0 Å². The van der Waals surface area contributed by atoms with Crippen molar-refractivity contribution in [2.24, 2.45) is 5.92 Å². The number of fused-ring (bicyclic) bond motifs is 3. The van der Waals surface area contributed by atoms with Crippen molar-refractivity contribution in [3.05, 3.63) is 68.7 Å². The van der Waals surface area contributed by atoms with Gasteiger partial charge >= 0.3 is 0 Å². The van der Waals surface area contributed by atoms with Crippen molar-refractivity contribution in [3.8, 4) is 0 Å². The Morgan fingerprint density at radius 3 is 2.14 bits per heavy atom. The molecule has 3 saturated heterocycles. The molecule has 5 rings (SSSR count). The molecule has 0 spiro atoms. The van der Waals surface area contributed by atoms with E-state index in [2.05, 4.69) is 20.9 Å². The fraction of sp³-hybridized carbons (Fsp3) is 0.300. The van der Waals surface area contributed by atoms with Gasteiger partial charge in [0.2, 0.25) is 5.91 Å². The van der Waals surface area contributed by atoms with E-state index in [1.165, 1.54) is 29.2 Å². The molecule has 9 heteroatoms. The third kappa shape index (κ3) is 2.72. The van der Waals surface area contributed by atoms with Gasteiger partial charge in [0.25, 0.3) is 11.6 Å². The Hall–Kier alpha value is -2.62. The number of hydrogen-bond acceptors (Lipinski definition) is 6. The zero-order valence-corrected chi connectivity index (χ0v) is 16.9. The summed E-state index contributed by atoms with van der Waals surface area (Å²) >= 11 is 3.44. The second-order valence-electron chi connectivity index (χ2n) is 7.43. The average Bonchev–Trinajstić information content (AvgIpc) is 3.35. The van der Waals surface area contributed by atoms with E-state index in [1.807, 2.05) is 29.3 Å². The fourth-order valence-electron chi connectivity index (χ4n) is 4.75. The highest BCUT2D eigenvalue weighted by Gasteiger charge is 2.62. The van der Waals surface area contributed by atoms with E-state index in [0.717, 1.165) is 29.5 Å². The molecule has 2 amide bonds. The van der Waals surface area contributed by atoms with Gasteiger partial charge in [-0.1, -0.05) is 28.1 Å². The van der Waals surface area contributed by atoms with Crippen LogP contribution >= 0.6 is 15.9 Å². The first-order valence-electron chi connectivity index (χ1n) is 9.38. The maximum absolute atomic E-state index is 13.4. The molecule has 3 aliphatic heterocycles. The molecule has 0 unspecified atom stereocenters. The Morgan fingerprint density at radius 1 is 0.897 bits per heavy atom. The van der Waals surface area contributed by atoms with E-state index in [-0.39, 0.29) is 23.5 Å². The first-order valence-corrected chi connectivity index (χ1v) is 10.2. The number of nitro groups is 1. The number of hydrazine groups is 1. The number of nitrogens with zero attached hydrogens (tertiary/aromatic N) is 4. The lowest BCUT2D eigenvalue weighted by atomic mass is 9.90. The lowest BCUT2D eigenvalue weighted by Gasteiger charge is -2.29. The standard InChI is InChI=1S/C20H17BrN4O4/c21-13-4-2-12(3-5-13)17-16-18(23-11-1-10-22(17)23)20(27)24(19(16)26)14-6-8-15(9-7-14)25(28)29/h2-9,16-18H,1,10-11H2/t16-,17-,18-/m1/s1. The highest BCUT2D eigenvalue weighted by atomic mass is 79.9. The maximum atomic E-state index is 13.4. The van der Waals surface area contributed by atoms with Crippen LogP contribution in [-0.2, 0) is 9.59 Å². The number of carbonyl (C=O) groups excluding carboxylic acids is 2. The van der Waals surface area contributed by atoms with Gasteiger partial charge in [-0.2, -0.15) is 0 Å². The van der Waals surface area contributed by atoms with E-state index >= 15 is 0 Å². The fourth-order valence-corrected chi connectivity index (χ4v) is 5.02. The predicted octanol–water partition coefficient (Wildman–Crippen LogP) is 2.89. The molecule has 0 bridgehead atoms. The number of amides is 2.